The molecule has 0 aromatic heterocycles. The van der Waals surface area contributed by atoms with Gasteiger partial charge in [0.2, 0.25) is 0 Å². The smallest absolute Gasteiger partial charge is 0.432 e. The molecule has 0 unspecified atom stereocenters. The Hall–Kier alpha value is -1.50. The third-order valence-corrected chi connectivity index (χ3v) is 3.23. The lowest BCUT2D eigenvalue weighted by Gasteiger charge is -2.27. The van der Waals surface area contributed by atoms with Crippen LogP contribution in [0.2, 0.25) is 0 Å². The number of ketones is 1. The summed E-state index contributed by atoms with van der Waals surface area (Å²) in [7, 11) is 0. The summed E-state index contributed by atoms with van der Waals surface area (Å²) in [6.07, 6.45) is -1.04. The Morgan fingerprint density at radius 2 is 2.22 bits per heavy atom. The lowest BCUT2D eigenvalue weighted by atomic mass is 9.90. The van der Waals surface area contributed by atoms with Crippen molar-refractivity contribution in [1.82, 2.24) is 5.01 Å². The molecular weight excluding hydrogens is 238 g/mol. The number of rotatable bonds is 0. The average molecular weight is 253 g/mol. The Labute approximate surface area is 104 Å². The summed E-state index contributed by atoms with van der Waals surface area (Å²) >= 11 is 0. The molecule has 3 aliphatic rings. The fraction of sp³-hybridized carbons (Fsp3) is 0.818. The molecule has 0 aromatic rings. The molecule has 0 N–H and O–H groups in total. The largest absolute Gasteiger partial charge is 0.442 e. The molecule has 0 radical (unpaired) electrons. The van der Waals surface area contributed by atoms with E-state index < -0.39 is 17.8 Å². The predicted molar refractivity (Wildman–Crippen MR) is 58.8 cm³/mol. The predicted octanol–water partition coefficient (Wildman–Crippen LogP) is 1.08. The maximum Gasteiger partial charge on any atom is 0.432 e. The van der Waals surface area contributed by atoms with Crippen LogP contribution in [-0.2, 0) is 14.3 Å². The standard InChI is InChI=1S/C11H15N3O4/c1-11(2,3)18-10(16)14-8-6-4-5(15)9(17-6)7(8)12-13-14/h6-9H,4H2,1-3H3/t6-,7-,8+,9+/m1/s1. The number of Topliss-reactive ketones (excluding diaryl/α,β-unsaturated/α-hetero) is 1. The first kappa shape index (κ1) is 11.6. The van der Waals surface area contributed by atoms with E-state index in [2.05, 4.69) is 10.3 Å². The van der Waals surface area contributed by atoms with Crippen LogP contribution in [0.15, 0.2) is 10.3 Å². The van der Waals surface area contributed by atoms with Gasteiger partial charge in [0.1, 0.15) is 23.8 Å². The number of ether oxygens (including phenoxy) is 2. The van der Waals surface area contributed by atoms with Crippen molar-refractivity contribution in [3.63, 3.8) is 0 Å². The van der Waals surface area contributed by atoms with Crippen molar-refractivity contribution in [2.75, 3.05) is 0 Å². The van der Waals surface area contributed by atoms with Gasteiger partial charge in [-0.3, -0.25) is 4.79 Å². The molecule has 3 heterocycles. The highest BCUT2D eigenvalue weighted by molar-refractivity contribution is 5.88. The fourth-order valence-electron chi connectivity index (χ4n) is 2.57. The highest BCUT2D eigenvalue weighted by Gasteiger charge is 2.60. The van der Waals surface area contributed by atoms with Gasteiger partial charge < -0.3 is 9.47 Å². The van der Waals surface area contributed by atoms with Gasteiger partial charge >= 0.3 is 6.09 Å². The molecule has 2 saturated heterocycles. The summed E-state index contributed by atoms with van der Waals surface area (Å²) in [4.78, 5) is 23.5. The van der Waals surface area contributed by atoms with E-state index in [1.165, 1.54) is 5.01 Å². The second-order valence-corrected chi connectivity index (χ2v) is 5.78. The summed E-state index contributed by atoms with van der Waals surface area (Å²) in [6, 6.07) is -0.647. The first-order valence-corrected chi connectivity index (χ1v) is 5.98. The summed E-state index contributed by atoms with van der Waals surface area (Å²) in [5, 5.41) is 9.01. The van der Waals surface area contributed by atoms with E-state index in [-0.39, 0.29) is 24.0 Å². The van der Waals surface area contributed by atoms with Crippen LogP contribution in [0, 0.1) is 0 Å². The Morgan fingerprint density at radius 3 is 2.89 bits per heavy atom. The van der Waals surface area contributed by atoms with E-state index in [1.807, 2.05) is 0 Å². The maximum atomic E-state index is 12.0. The molecule has 0 saturated carbocycles. The molecule has 2 bridgehead atoms. The van der Waals surface area contributed by atoms with Gasteiger partial charge in [-0.05, 0) is 20.8 Å². The summed E-state index contributed by atoms with van der Waals surface area (Å²) in [5.74, 6) is 0.0474. The first-order valence-electron chi connectivity index (χ1n) is 5.98. The third kappa shape index (κ3) is 1.61. The van der Waals surface area contributed by atoms with Gasteiger partial charge in [0.25, 0.3) is 0 Å². The number of fused-ring (bicyclic) bond motifs is 5. The Kier molecular flexibility index (Phi) is 2.25. The minimum atomic E-state index is -0.584. The minimum absolute atomic E-state index is 0.0474. The first-order chi connectivity index (χ1) is 8.37. The molecule has 2 fully saturated rings. The Bertz CT molecular complexity index is 442. The monoisotopic (exact) mass is 253 g/mol. The van der Waals surface area contributed by atoms with Gasteiger partial charge in [0.15, 0.2) is 5.78 Å². The normalized spacial score (nSPS) is 37.3. The van der Waals surface area contributed by atoms with E-state index in [9.17, 15) is 9.59 Å². The van der Waals surface area contributed by atoms with Crippen molar-refractivity contribution in [1.29, 1.82) is 0 Å². The van der Waals surface area contributed by atoms with E-state index in [0.717, 1.165) is 0 Å². The number of carbonyl (C=O) groups is 2. The second kappa shape index (κ2) is 3.50. The molecule has 3 aliphatic heterocycles. The van der Waals surface area contributed by atoms with E-state index in [4.69, 9.17) is 9.47 Å². The van der Waals surface area contributed by atoms with Gasteiger partial charge in [0.05, 0.1) is 6.10 Å². The van der Waals surface area contributed by atoms with Crippen LogP contribution < -0.4 is 0 Å². The molecule has 18 heavy (non-hydrogen) atoms. The van der Waals surface area contributed by atoms with Crippen molar-refractivity contribution < 1.29 is 19.1 Å². The molecule has 0 aliphatic carbocycles. The molecule has 1 amide bonds. The Morgan fingerprint density at radius 1 is 1.50 bits per heavy atom. The summed E-state index contributed by atoms with van der Waals surface area (Å²) in [6.45, 7) is 5.36. The quantitative estimate of drug-likeness (QED) is 0.647. The summed E-state index contributed by atoms with van der Waals surface area (Å²) in [5.41, 5.74) is -0.584. The zero-order chi connectivity index (χ0) is 13.1. The van der Waals surface area contributed by atoms with E-state index >= 15 is 0 Å². The van der Waals surface area contributed by atoms with Gasteiger partial charge in [-0.2, -0.15) is 10.1 Å². The molecule has 4 atom stereocenters. The van der Waals surface area contributed by atoms with Crippen molar-refractivity contribution in [3.8, 4) is 0 Å². The second-order valence-electron chi connectivity index (χ2n) is 5.78. The number of amides is 1. The number of carbonyl (C=O) groups excluding carboxylic acids is 2. The van der Waals surface area contributed by atoms with Crippen LogP contribution >= 0.6 is 0 Å². The summed E-state index contributed by atoms with van der Waals surface area (Å²) < 4.78 is 10.8. The molecular formula is C11H15N3O4. The Balaban J connectivity index is 1.76. The lowest BCUT2D eigenvalue weighted by molar-refractivity contribution is -0.122. The molecule has 0 spiro atoms. The topological polar surface area (TPSA) is 80.6 Å². The number of hydrogen-bond acceptors (Lipinski definition) is 6. The third-order valence-electron chi connectivity index (χ3n) is 3.23. The average Bonchev–Trinajstić information content (AvgIpc) is 2.82. The van der Waals surface area contributed by atoms with Crippen LogP contribution in [0.25, 0.3) is 0 Å². The van der Waals surface area contributed by atoms with Crippen LogP contribution in [-0.4, -0.2) is 46.8 Å². The van der Waals surface area contributed by atoms with Crippen LogP contribution in [0.5, 0.6) is 0 Å². The fourth-order valence-corrected chi connectivity index (χ4v) is 2.57. The zero-order valence-electron chi connectivity index (χ0n) is 10.5. The lowest BCUT2D eigenvalue weighted by Crippen LogP contribution is -2.49. The van der Waals surface area contributed by atoms with Crippen molar-refractivity contribution in [2.24, 2.45) is 10.3 Å². The highest BCUT2D eigenvalue weighted by Crippen LogP contribution is 2.41. The maximum absolute atomic E-state index is 12.0. The molecule has 7 heteroatoms. The van der Waals surface area contributed by atoms with E-state index in [1.54, 1.807) is 20.8 Å². The van der Waals surface area contributed by atoms with Crippen molar-refractivity contribution >= 4 is 11.9 Å². The van der Waals surface area contributed by atoms with E-state index in [0.29, 0.717) is 6.42 Å². The van der Waals surface area contributed by atoms with Gasteiger partial charge in [-0.25, -0.2) is 4.79 Å². The highest BCUT2D eigenvalue weighted by atomic mass is 16.6. The van der Waals surface area contributed by atoms with Crippen LogP contribution in [0.3, 0.4) is 0 Å². The number of nitrogens with zero attached hydrogens (tertiary/aromatic N) is 3. The van der Waals surface area contributed by atoms with Crippen molar-refractivity contribution in [3.05, 3.63) is 0 Å². The molecule has 7 nitrogen and oxygen atoms in total. The van der Waals surface area contributed by atoms with Crippen LogP contribution in [0.1, 0.15) is 27.2 Å². The zero-order valence-corrected chi connectivity index (χ0v) is 10.5. The molecule has 0 aromatic carbocycles. The van der Waals surface area contributed by atoms with Crippen molar-refractivity contribution in [2.45, 2.75) is 57.1 Å². The molecule has 98 valence electrons. The minimum Gasteiger partial charge on any atom is -0.442 e. The number of hydrogen-bond donors (Lipinski definition) is 0. The molecule has 3 rings (SSSR count). The van der Waals surface area contributed by atoms with Gasteiger partial charge in [-0.1, -0.05) is 5.22 Å². The van der Waals surface area contributed by atoms with Crippen LogP contribution in [0.4, 0.5) is 4.79 Å². The van der Waals surface area contributed by atoms with Gasteiger partial charge in [0, 0.05) is 6.42 Å². The SMILES string of the molecule is CC(C)(C)OC(=O)N1N=N[C@@H]2[C@@H]1[C@H]1CC(=O)[C@@H]2O1. The van der Waals surface area contributed by atoms with Gasteiger partial charge in [-0.15, -0.1) is 0 Å².